The van der Waals surface area contributed by atoms with Crippen LogP contribution in [0.15, 0.2) is 30.5 Å². The number of hydrogen-bond donors (Lipinski definition) is 2. The number of piperidine rings is 1. The minimum Gasteiger partial charge on any atom is -0.507 e. The van der Waals surface area contributed by atoms with Gasteiger partial charge in [0.2, 0.25) is 0 Å². The number of aromatic hydroxyl groups is 1. The van der Waals surface area contributed by atoms with Gasteiger partial charge in [0.05, 0.1) is 27.0 Å². The van der Waals surface area contributed by atoms with E-state index in [1.54, 1.807) is 17.4 Å². The smallest absolute Gasteiger partial charge is 0.162 e. The Bertz CT molecular complexity index is 1230. The number of rotatable bonds is 2. The standard InChI is InChI=1S/C21H22FN5OS/c1-11-24-15-9-13(17(28)10-18(15)29-11)14-8-12-5-7-27(20(12)26-25-14)16-4-6-23-21(2,3)19(16)22/h5,7-10,16,19,23,28H,4,6H2,1-3H3/t16-,19-/m1/s1. The molecule has 0 bridgehead atoms. The van der Waals surface area contributed by atoms with Crippen LogP contribution in [0.4, 0.5) is 4.39 Å². The molecule has 0 unspecified atom stereocenters. The van der Waals surface area contributed by atoms with E-state index in [-0.39, 0.29) is 11.8 Å². The molecule has 1 fully saturated rings. The van der Waals surface area contributed by atoms with Gasteiger partial charge in [0.15, 0.2) is 5.65 Å². The molecule has 29 heavy (non-hydrogen) atoms. The Hall–Kier alpha value is -2.58. The Balaban J connectivity index is 1.57. The predicted octanol–water partition coefficient (Wildman–Crippen LogP) is 4.37. The quantitative estimate of drug-likeness (QED) is 0.512. The number of fused-ring (bicyclic) bond motifs is 2. The number of thiazole rings is 1. The molecule has 0 aliphatic carbocycles. The number of phenolic OH excluding ortho intramolecular Hbond substituents is 1. The maximum atomic E-state index is 15.1. The fraction of sp³-hybridized carbons (Fsp3) is 0.381. The molecule has 2 N–H and O–H groups in total. The van der Waals surface area contributed by atoms with Crippen molar-refractivity contribution in [2.45, 2.75) is 44.9 Å². The zero-order valence-electron chi connectivity index (χ0n) is 16.5. The molecule has 4 heterocycles. The number of nitrogens with zero attached hydrogens (tertiary/aromatic N) is 4. The highest BCUT2D eigenvalue weighted by molar-refractivity contribution is 7.18. The van der Waals surface area contributed by atoms with Gasteiger partial charge < -0.3 is 15.0 Å². The molecule has 6 nitrogen and oxygen atoms in total. The van der Waals surface area contributed by atoms with Crippen LogP contribution in [0.5, 0.6) is 5.75 Å². The number of alkyl halides is 1. The lowest BCUT2D eigenvalue weighted by molar-refractivity contribution is 0.0838. The Morgan fingerprint density at radius 3 is 2.93 bits per heavy atom. The number of phenols is 1. The van der Waals surface area contributed by atoms with Gasteiger partial charge in [0.25, 0.3) is 0 Å². The number of halogens is 1. The average molecular weight is 412 g/mol. The lowest BCUT2D eigenvalue weighted by atomic mass is 9.87. The van der Waals surface area contributed by atoms with Gasteiger partial charge in [-0.3, -0.25) is 0 Å². The highest BCUT2D eigenvalue weighted by Crippen LogP contribution is 2.37. The van der Waals surface area contributed by atoms with Crippen molar-refractivity contribution >= 4 is 32.6 Å². The van der Waals surface area contributed by atoms with Crippen LogP contribution < -0.4 is 5.32 Å². The van der Waals surface area contributed by atoms with Crippen LogP contribution >= 0.6 is 11.3 Å². The molecule has 0 amide bonds. The van der Waals surface area contributed by atoms with Gasteiger partial charge in [0, 0.05) is 28.8 Å². The Kier molecular flexibility index (Phi) is 4.11. The molecular formula is C21H22FN5OS. The number of aromatic nitrogens is 4. The van der Waals surface area contributed by atoms with Gasteiger partial charge in [-0.15, -0.1) is 21.5 Å². The summed E-state index contributed by atoms with van der Waals surface area (Å²) in [5.74, 6) is 0.151. The van der Waals surface area contributed by atoms with E-state index in [1.165, 1.54) is 0 Å². The van der Waals surface area contributed by atoms with Crippen LogP contribution in [0.25, 0.3) is 32.5 Å². The van der Waals surface area contributed by atoms with Crippen LogP contribution in [-0.4, -0.2) is 43.1 Å². The van der Waals surface area contributed by atoms with Crippen molar-refractivity contribution in [1.29, 1.82) is 0 Å². The van der Waals surface area contributed by atoms with Crippen LogP contribution in [0.2, 0.25) is 0 Å². The summed E-state index contributed by atoms with van der Waals surface area (Å²) in [6, 6.07) is 7.09. The van der Waals surface area contributed by atoms with Crippen LogP contribution in [0.1, 0.15) is 31.3 Å². The summed E-state index contributed by atoms with van der Waals surface area (Å²) in [5, 5.41) is 24.3. The summed E-state index contributed by atoms with van der Waals surface area (Å²) < 4.78 is 17.9. The number of benzene rings is 1. The second kappa shape index (κ2) is 6.47. The van der Waals surface area contributed by atoms with Crippen molar-refractivity contribution in [1.82, 2.24) is 25.1 Å². The molecule has 1 saturated heterocycles. The molecule has 1 aromatic carbocycles. The molecule has 150 valence electrons. The van der Waals surface area contributed by atoms with E-state index < -0.39 is 11.7 Å². The monoisotopic (exact) mass is 411 g/mol. The minimum atomic E-state index is -1.03. The maximum absolute atomic E-state index is 15.1. The van der Waals surface area contributed by atoms with E-state index in [2.05, 4.69) is 20.5 Å². The van der Waals surface area contributed by atoms with Gasteiger partial charge in [-0.25, -0.2) is 9.37 Å². The normalized spacial score (nSPS) is 21.8. The van der Waals surface area contributed by atoms with Crippen molar-refractivity contribution in [3.63, 3.8) is 0 Å². The largest absolute Gasteiger partial charge is 0.507 e. The number of hydrogen-bond acceptors (Lipinski definition) is 6. The number of nitrogens with one attached hydrogen (secondary N) is 1. The summed E-state index contributed by atoms with van der Waals surface area (Å²) in [4.78, 5) is 4.50. The van der Waals surface area contributed by atoms with Crippen LogP contribution in [0.3, 0.4) is 0 Å². The highest BCUT2D eigenvalue weighted by Gasteiger charge is 2.40. The lowest BCUT2D eigenvalue weighted by Gasteiger charge is -2.40. The van der Waals surface area contributed by atoms with Crippen LogP contribution in [-0.2, 0) is 0 Å². The fourth-order valence-electron chi connectivity index (χ4n) is 4.18. The zero-order valence-corrected chi connectivity index (χ0v) is 17.3. The molecule has 5 rings (SSSR count). The van der Waals surface area contributed by atoms with Crippen LogP contribution in [0, 0.1) is 6.92 Å². The molecule has 1 aliphatic rings. The molecular weight excluding hydrogens is 389 g/mol. The topological polar surface area (TPSA) is 75.9 Å². The summed E-state index contributed by atoms with van der Waals surface area (Å²) >= 11 is 1.54. The van der Waals surface area contributed by atoms with Gasteiger partial charge >= 0.3 is 0 Å². The van der Waals surface area contributed by atoms with Crippen molar-refractivity contribution in [2.75, 3.05) is 6.54 Å². The first kappa shape index (κ1) is 18.4. The second-order valence-electron chi connectivity index (χ2n) is 8.21. The fourth-order valence-corrected chi connectivity index (χ4v) is 5.03. The van der Waals surface area contributed by atoms with Crippen molar-refractivity contribution < 1.29 is 9.50 Å². The second-order valence-corrected chi connectivity index (χ2v) is 9.44. The third-order valence-electron chi connectivity index (χ3n) is 5.76. The van der Waals surface area contributed by atoms with E-state index in [4.69, 9.17) is 0 Å². The molecule has 3 aromatic heterocycles. The van der Waals surface area contributed by atoms with E-state index in [1.807, 2.05) is 49.7 Å². The maximum Gasteiger partial charge on any atom is 0.162 e. The van der Waals surface area contributed by atoms with E-state index in [9.17, 15) is 5.11 Å². The van der Waals surface area contributed by atoms with Crippen molar-refractivity contribution in [3.05, 3.63) is 35.5 Å². The van der Waals surface area contributed by atoms with Gasteiger partial charge in [0.1, 0.15) is 11.9 Å². The number of aryl methyl sites for hydroxylation is 1. The Morgan fingerprint density at radius 1 is 1.28 bits per heavy atom. The van der Waals surface area contributed by atoms with Gasteiger partial charge in [-0.05, 0) is 51.9 Å². The Labute approximate surface area is 171 Å². The minimum absolute atomic E-state index is 0.151. The SMILES string of the molecule is Cc1nc2cc(-c3cc4ccn([C@@H]5CCNC(C)(C)[C@@H]5F)c4nn3)c(O)cc2s1. The third-order valence-corrected chi connectivity index (χ3v) is 6.69. The van der Waals surface area contributed by atoms with E-state index in [0.717, 1.165) is 27.2 Å². The molecule has 2 atom stereocenters. The molecule has 4 aromatic rings. The molecule has 0 saturated carbocycles. The first-order chi connectivity index (χ1) is 13.8. The lowest BCUT2D eigenvalue weighted by Crippen LogP contribution is -2.55. The summed E-state index contributed by atoms with van der Waals surface area (Å²) in [7, 11) is 0. The summed E-state index contributed by atoms with van der Waals surface area (Å²) in [6.07, 6.45) is 1.54. The third kappa shape index (κ3) is 2.98. The molecule has 1 aliphatic heterocycles. The highest BCUT2D eigenvalue weighted by atomic mass is 32.1. The molecule has 0 radical (unpaired) electrons. The zero-order chi connectivity index (χ0) is 20.3. The summed E-state index contributed by atoms with van der Waals surface area (Å²) in [5.41, 5.74) is 2.07. The summed E-state index contributed by atoms with van der Waals surface area (Å²) in [6.45, 7) is 6.47. The average Bonchev–Trinajstić information content (AvgIpc) is 3.25. The Morgan fingerprint density at radius 2 is 2.10 bits per heavy atom. The van der Waals surface area contributed by atoms with E-state index >= 15 is 4.39 Å². The van der Waals surface area contributed by atoms with Gasteiger partial charge in [-0.1, -0.05) is 0 Å². The molecule has 8 heteroatoms. The van der Waals surface area contributed by atoms with Crippen molar-refractivity contribution in [2.24, 2.45) is 0 Å². The van der Waals surface area contributed by atoms with Gasteiger partial charge in [-0.2, -0.15) is 0 Å². The first-order valence-electron chi connectivity index (χ1n) is 9.67. The molecule has 0 spiro atoms. The predicted molar refractivity (Wildman–Crippen MR) is 113 cm³/mol. The van der Waals surface area contributed by atoms with E-state index in [0.29, 0.717) is 23.3 Å². The first-order valence-corrected chi connectivity index (χ1v) is 10.5. The van der Waals surface area contributed by atoms with Crippen molar-refractivity contribution in [3.8, 4) is 17.0 Å².